The lowest BCUT2D eigenvalue weighted by Crippen LogP contribution is -2.26. The van der Waals surface area contributed by atoms with E-state index in [9.17, 15) is 0 Å². The van der Waals surface area contributed by atoms with E-state index in [0.717, 1.165) is 5.82 Å². The molecule has 0 aromatic carbocycles. The van der Waals surface area contributed by atoms with Crippen LogP contribution in [0.15, 0.2) is 18.3 Å². The Morgan fingerprint density at radius 1 is 1.47 bits per heavy atom. The maximum atomic E-state index is 8.80. The Morgan fingerprint density at radius 2 is 2.24 bits per heavy atom. The summed E-state index contributed by atoms with van der Waals surface area (Å²) in [5.41, 5.74) is 0.991. The van der Waals surface area contributed by atoms with Gasteiger partial charge in [-0.25, -0.2) is 0 Å². The van der Waals surface area contributed by atoms with Gasteiger partial charge in [0.05, 0.1) is 17.2 Å². The molecule has 88 valence electrons. The van der Waals surface area contributed by atoms with Crippen LogP contribution in [0.4, 0.5) is 0 Å². The van der Waals surface area contributed by atoms with E-state index in [0.29, 0.717) is 17.6 Å². The number of nitriles is 1. The van der Waals surface area contributed by atoms with Crippen LogP contribution < -0.4 is 0 Å². The number of rotatable bonds is 3. The summed E-state index contributed by atoms with van der Waals surface area (Å²) < 4.78 is 7.25. The van der Waals surface area contributed by atoms with Gasteiger partial charge in [-0.15, -0.1) is 10.2 Å². The van der Waals surface area contributed by atoms with Crippen molar-refractivity contribution in [3.63, 3.8) is 0 Å². The second kappa shape index (κ2) is 4.15. The van der Waals surface area contributed by atoms with E-state index in [2.05, 4.69) is 16.3 Å². The molecule has 2 rings (SSSR count). The van der Waals surface area contributed by atoms with Crippen LogP contribution >= 0.6 is 0 Å². The molecule has 0 fully saturated rings. The quantitative estimate of drug-likeness (QED) is 0.802. The summed E-state index contributed by atoms with van der Waals surface area (Å²) >= 11 is 0. The molecule has 0 amide bonds. The fourth-order valence-corrected chi connectivity index (χ4v) is 1.58. The van der Waals surface area contributed by atoms with Crippen LogP contribution in [0.25, 0.3) is 5.65 Å². The molecule has 0 saturated carbocycles. The normalized spacial score (nSPS) is 11.6. The Labute approximate surface area is 99.7 Å². The van der Waals surface area contributed by atoms with Crippen molar-refractivity contribution in [2.45, 2.75) is 25.9 Å². The molecular weight excluding hydrogens is 216 g/mol. The molecular formula is C12H14N4O. The predicted molar refractivity (Wildman–Crippen MR) is 62.5 cm³/mol. The van der Waals surface area contributed by atoms with E-state index >= 15 is 0 Å². The maximum Gasteiger partial charge on any atom is 0.162 e. The van der Waals surface area contributed by atoms with Gasteiger partial charge in [0.2, 0.25) is 0 Å². The van der Waals surface area contributed by atoms with Gasteiger partial charge >= 0.3 is 0 Å². The molecule has 5 heteroatoms. The van der Waals surface area contributed by atoms with Gasteiger partial charge in [0.15, 0.2) is 5.65 Å². The van der Waals surface area contributed by atoms with Crippen molar-refractivity contribution in [1.82, 2.24) is 14.6 Å². The van der Waals surface area contributed by atoms with Gasteiger partial charge in [-0.3, -0.25) is 4.40 Å². The van der Waals surface area contributed by atoms with Crippen LogP contribution in [-0.2, 0) is 11.2 Å². The smallest absolute Gasteiger partial charge is 0.162 e. The fourth-order valence-electron chi connectivity index (χ4n) is 1.58. The number of methoxy groups -OCH3 is 1. The van der Waals surface area contributed by atoms with Crippen LogP contribution in [0.3, 0.4) is 0 Å². The number of hydrogen-bond donors (Lipinski definition) is 0. The summed E-state index contributed by atoms with van der Waals surface area (Å²) in [5.74, 6) is 0.830. The second-order valence-electron chi connectivity index (χ2n) is 4.51. The van der Waals surface area contributed by atoms with Crippen LogP contribution in [0.1, 0.15) is 25.2 Å². The predicted octanol–water partition coefficient (Wildman–Crippen LogP) is 1.57. The molecule has 0 aliphatic carbocycles. The van der Waals surface area contributed by atoms with Gasteiger partial charge in [0.1, 0.15) is 5.82 Å². The van der Waals surface area contributed by atoms with Crippen LogP contribution in [0, 0.1) is 11.3 Å². The van der Waals surface area contributed by atoms with Crippen molar-refractivity contribution >= 4 is 5.65 Å². The molecule has 0 N–H and O–H groups in total. The number of hydrogen-bond acceptors (Lipinski definition) is 4. The van der Waals surface area contributed by atoms with Gasteiger partial charge in [-0.1, -0.05) is 0 Å². The fraction of sp³-hybridized carbons (Fsp3) is 0.417. The molecule has 2 aromatic heterocycles. The van der Waals surface area contributed by atoms with Crippen LogP contribution in [0.2, 0.25) is 0 Å². The molecule has 0 bridgehead atoms. The van der Waals surface area contributed by atoms with Crippen LogP contribution in [-0.4, -0.2) is 27.3 Å². The van der Waals surface area contributed by atoms with E-state index in [4.69, 9.17) is 10.00 Å². The minimum atomic E-state index is -0.281. The Kier molecular flexibility index (Phi) is 2.82. The molecule has 0 radical (unpaired) electrons. The minimum Gasteiger partial charge on any atom is -0.378 e. The van der Waals surface area contributed by atoms with E-state index in [1.54, 1.807) is 19.2 Å². The standard InChI is InChI=1S/C12H14N4O/c1-12(2,17-3)7-11-15-14-10-6-9(8-13)4-5-16(10)11/h4-6H,7H2,1-3H3. The van der Waals surface area contributed by atoms with Crippen molar-refractivity contribution in [1.29, 1.82) is 5.26 Å². The Hall–Kier alpha value is -1.93. The summed E-state index contributed by atoms with van der Waals surface area (Å²) in [4.78, 5) is 0. The van der Waals surface area contributed by atoms with Crippen molar-refractivity contribution in [2.24, 2.45) is 0 Å². The van der Waals surface area contributed by atoms with Crippen LogP contribution in [0.5, 0.6) is 0 Å². The van der Waals surface area contributed by atoms with Crippen molar-refractivity contribution in [3.8, 4) is 6.07 Å². The Bertz CT molecular complexity index is 580. The first-order valence-corrected chi connectivity index (χ1v) is 5.35. The number of pyridine rings is 1. The minimum absolute atomic E-state index is 0.281. The number of ether oxygens (including phenoxy) is 1. The molecule has 0 aliphatic heterocycles. The summed E-state index contributed by atoms with van der Waals surface area (Å²) in [6.07, 6.45) is 2.48. The monoisotopic (exact) mass is 230 g/mol. The average Bonchev–Trinajstić information content (AvgIpc) is 2.71. The SMILES string of the molecule is COC(C)(C)Cc1nnc2cc(C#N)ccn12. The third kappa shape index (κ3) is 2.27. The molecule has 0 spiro atoms. The Morgan fingerprint density at radius 3 is 2.88 bits per heavy atom. The highest BCUT2D eigenvalue weighted by atomic mass is 16.5. The molecule has 0 atom stereocenters. The van der Waals surface area contributed by atoms with E-state index in [1.807, 2.05) is 24.4 Å². The van der Waals surface area contributed by atoms with Gasteiger partial charge in [0.25, 0.3) is 0 Å². The summed E-state index contributed by atoms with van der Waals surface area (Å²) in [6.45, 7) is 4.00. The number of aromatic nitrogens is 3. The zero-order valence-corrected chi connectivity index (χ0v) is 10.1. The second-order valence-corrected chi connectivity index (χ2v) is 4.51. The lowest BCUT2D eigenvalue weighted by molar-refractivity contribution is 0.0214. The summed E-state index contributed by atoms with van der Waals surface area (Å²) in [5, 5.41) is 17.0. The number of nitrogens with zero attached hydrogens (tertiary/aromatic N) is 4. The largest absolute Gasteiger partial charge is 0.378 e. The molecule has 5 nitrogen and oxygen atoms in total. The first-order valence-electron chi connectivity index (χ1n) is 5.35. The van der Waals surface area contributed by atoms with Crippen molar-refractivity contribution in [2.75, 3.05) is 7.11 Å². The van der Waals surface area contributed by atoms with Gasteiger partial charge in [-0.05, 0) is 19.9 Å². The van der Waals surface area contributed by atoms with E-state index in [-0.39, 0.29) is 5.60 Å². The number of fused-ring (bicyclic) bond motifs is 1. The van der Waals surface area contributed by atoms with E-state index < -0.39 is 0 Å². The average molecular weight is 230 g/mol. The van der Waals surface area contributed by atoms with Crippen molar-refractivity contribution < 1.29 is 4.74 Å². The topological polar surface area (TPSA) is 63.2 Å². The third-order valence-corrected chi connectivity index (χ3v) is 2.75. The summed E-state index contributed by atoms with van der Waals surface area (Å²) in [6, 6.07) is 5.55. The first-order chi connectivity index (χ1) is 8.05. The highest BCUT2D eigenvalue weighted by molar-refractivity contribution is 5.45. The van der Waals surface area contributed by atoms with Gasteiger partial charge in [0, 0.05) is 25.8 Å². The third-order valence-electron chi connectivity index (χ3n) is 2.75. The molecule has 0 unspecified atom stereocenters. The molecule has 2 aromatic rings. The molecule has 17 heavy (non-hydrogen) atoms. The lowest BCUT2D eigenvalue weighted by Gasteiger charge is -2.21. The highest BCUT2D eigenvalue weighted by Gasteiger charge is 2.20. The van der Waals surface area contributed by atoms with Gasteiger partial charge < -0.3 is 4.74 Å². The lowest BCUT2D eigenvalue weighted by atomic mass is 10.1. The Balaban J connectivity index is 2.41. The highest BCUT2D eigenvalue weighted by Crippen LogP contribution is 2.16. The molecule has 0 aliphatic rings. The summed E-state index contributed by atoms with van der Waals surface area (Å²) in [7, 11) is 1.68. The van der Waals surface area contributed by atoms with Gasteiger partial charge in [-0.2, -0.15) is 5.26 Å². The zero-order valence-electron chi connectivity index (χ0n) is 10.1. The first kappa shape index (κ1) is 11.6. The zero-order chi connectivity index (χ0) is 12.5. The van der Waals surface area contributed by atoms with E-state index in [1.165, 1.54) is 0 Å². The maximum absolute atomic E-state index is 8.80. The van der Waals surface area contributed by atoms with Crippen molar-refractivity contribution in [3.05, 3.63) is 29.7 Å². The molecule has 0 saturated heterocycles. The molecule has 2 heterocycles.